The van der Waals surface area contributed by atoms with E-state index in [0.717, 1.165) is 18.4 Å². The van der Waals surface area contributed by atoms with Crippen LogP contribution in [0.25, 0.3) is 0 Å². The molecule has 4 atom stereocenters. The molecule has 3 amide bonds. The minimum absolute atomic E-state index is 0.00827. The number of sulfonamides is 1. The Balaban J connectivity index is 1.32. The molecule has 2 aliphatic heterocycles. The Morgan fingerprint density at radius 2 is 1.75 bits per heavy atom. The molecule has 1 spiro atoms. The first-order chi connectivity index (χ1) is 24.4. The van der Waals surface area contributed by atoms with Gasteiger partial charge in [0.25, 0.3) is 5.91 Å². The molecule has 3 N–H and O–H groups in total. The molecule has 12 nitrogen and oxygen atoms in total. The number of halogens is 1. The minimum atomic E-state index is -4.22. The number of aryl methyl sites for hydroxylation is 1. The molecule has 51 heavy (non-hydrogen) atoms. The molecule has 6 rings (SSSR count). The molecular weight excluding hydrogens is 694 g/mol. The molecule has 3 aromatic carbocycles. The smallest absolute Gasteiger partial charge is 0.289 e. The third-order valence-corrected chi connectivity index (χ3v) is 11.0. The van der Waals surface area contributed by atoms with Crippen molar-refractivity contribution < 1.29 is 32.4 Å². The molecule has 1 aliphatic carbocycles. The maximum Gasteiger partial charge on any atom is 0.289 e. The molecule has 14 heteroatoms. The van der Waals surface area contributed by atoms with Crippen LogP contribution in [0.3, 0.4) is 0 Å². The number of nitrogens with one attached hydrogen (secondary N) is 3. The number of nitrogens with zero attached hydrogens (tertiary/aromatic N) is 2. The van der Waals surface area contributed by atoms with Crippen LogP contribution in [0.2, 0.25) is 5.02 Å². The van der Waals surface area contributed by atoms with E-state index in [2.05, 4.69) is 20.5 Å². The molecule has 0 bridgehead atoms. The maximum atomic E-state index is 14.7. The third kappa shape index (κ3) is 8.32. The summed E-state index contributed by atoms with van der Waals surface area (Å²) in [6.07, 6.45) is 2.51. The molecule has 1 saturated carbocycles. The van der Waals surface area contributed by atoms with E-state index < -0.39 is 57.3 Å². The number of hydrogen-bond donors (Lipinski definition) is 3. The van der Waals surface area contributed by atoms with E-state index in [1.54, 1.807) is 60.7 Å². The Morgan fingerprint density at radius 3 is 2.41 bits per heavy atom. The van der Waals surface area contributed by atoms with Crippen molar-refractivity contribution in [3.63, 3.8) is 0 Å². The lowest BCUT2D eigenvalue weighted by atomic mass is 9.91. The van der Waals surface area contributed by atoms with Crippen molar-refractivity contribution in [2.24, 2.45) is 5.16 Å². The quantitative estimate of drug-likeness (QED) is 0.224. The first-order valence-electron chi connectivity index (χ1n) is 17.0. The Hall–Kier alpha value is -4.59. The normalized spacial score (nSPS) is 21.0. The summed E-state index contributed by atoms with van der Waals surface area (Å²) in [6, 6.07) is 17.9. The van der Waals surface area contributed by atoms with Gasteiger partial charge in [0.2, 0.25) is 27.6 Å². The summed E-state index contributed by atoms with van der Waals surface area (Å²) in [5, 5.41) is 10.2. The second kappa shape index (κ2) is 14.9. The minimum Gasteiger partial charge on any atom is -0.387 e. The van der Waals surface area contributed by atoms with E-state index in [1.165, 1.54) is 17.0 Å². The van der Waals surface area contributed by atoms with Crippen LogP contribution < -0.4 is 15.4 Å². The van der Waals surface area contributed by atoms with Gasteiger partial charge in [-0.1, -0.05) is 90.3 Å². The molecule has 0 unspecified atom stereocenters. The van der Waals surface area contributed by atoms with Crippen LogP contribution in [0.4, 0.5) is 0 Å². The first-order valence-corrected chi connectivity index (χ1v) is 18.8. The van der Waals surface area contributed by atoms with Gasteiger partial charge in [-0.05, 0) is 56.0 Å². The number of carbonyl (C=O) groups excluding carboxylic acids is 4. The molecule has 3 aliphatic rings. The molecule has 2 heterocycles. The van der Waals surface area contributed by atoms with E-state index in [9.17, 15) is 27.6 Å². The van der Waals surface area contributed by atoms with Crippen molar-refractivity contribution >= 4 is 50.8 Å². The van der Waals surface area contributed by atoms with Crippen LogP contribution >= 0.6 is 11.6 Å². The van der Waals surface area contributed by atoms with Crippen LogP contribution in [0.1, 0.15) is 68.2 Å². The van der Waals surface area contributed by atoms with Crippen LogP contribution in [0.5, 0.6) is 0 Å². The summed E-state index contributed by atoms with van der Waals surface area (Å²) in [7, 11) is -4.22. The number of carbonyl (C=O) groups is 4. The van der Waals surface area contributed by atoms with E-state index in [1.807, 2.05) is 19.9 Å². The first kappa shape index (κ1) is 36.2. The van der Waals surface area contributed by atoms with Crippen LogP contribution in [0.15, 0.2) is 88.9 Å². The summed E-state index contributed by atoms with van der Waals surface area (Å²) in [4.78, 5) is 62.1. The topological polar surface area (TPSA) is 163 Å². The molecule has 268 valence electrons. The zero-order chi connectivity index (χ0) is 36.3. The second-order valence-corrected chi connectivity index (χ2v) is 15.6. The van der Waals surface area contributed by atoms with Gasteiger partial charge >= 0.3 is 0 Å². The van der Waals surface area contributed by atoms with Gasteiger partial charge in [-0.25, -0.2) is 8.42 Å². The molecule has 3 aromatic rings. The van der Waals surface area contributed by atoms with Crippen LogP contribution in [-0.2, 0) is 34.0 Å². The number of likely N-dealkylation sites (tertiary alicyclic amines) is 1. The van der Waals surface area contributed by atoms with E-state index >= 15 is 0 Å². The average Bonchev–Trinajstić information content (AvgIpc) is 3.71. The van der Waals surface area contributed by atoms with Crippen molar-refractivity contribution in [3.8, 4) is 0 Å². The fraction of sp³-hybridized carbons (Fsp3) is 0.378. The standard InChI is InChI=1S/C37H40ClN5O7S/c1-3-8-29(33(44)35(46)39-27-15-16-27)40-34(45)31-21-37(20-30(41-50-37)25-11-7-12-26(38)19-25)22-43(31)36(47)32(24-9-5-4-6-10-24)42-51(48,49)28-17-13-23(2)14-18-28/h4-7,9-14,17-19,27,29,31-32,42H,3,8,15-16,20-22H2,1-2H3,(H,39,46)(H,40,45)/t29-,31-,32+,37+/m0/s1. The Kier molecular flexibility index (Phi) is 10.6. The largest absolute Gasteiger partial charge is 0.387 e. The fourth-order valence-corrected chi connectivity index (χ4v) is 7.80. The Labute approximate surface area is 302 Å². The number of benzene rings is 3. The lowest BCUT2D eigenvalue weighted by molar-refractivity contribution is -0.143. The molecule has 0 radical (unpaired) electrons. The summed E-state index contributed by atoms with van der Waals surface area (Å²) in [6.45, 7) is 3.55. The lowest BCUT2D eigenvalue weighted by Gasteiger charge is -2.29. The second-order valence-electron chi connectivity index (χ2n) is 13.4. The average molecular weight is 734 g/mol. The maximum absolute atomic E-state index is 14.7. The monoisotopic (exact) mass is 733 g/mol. The van der Waals surface area contributed by atoms with E-state index in [0.29, 0.717) is 28.3 Å². The summed E-state index contributed by atoms with van der Waals surface area (Å²) < 4.78 is 29.9. The van der Waals surface area contributed by atoms with E-state index in [4.69, 9.17) is 16.4 Å². The number of Topliss-reactive ketones (excluding diaryl/α,β-unsaturated/α-hetero) is 1. The van der Waals surface area contributed by atoms with Gasteiger partial charge < -0.3 is 20.4 Å². The SMILES string of the molecule is CCC[C@H](NC(=O)[C@@H]1C[C@]2(CC(c3cccc(Cl)c3)=NO2)CN1C(=O)[C@H](NS(=O)(=O)c1ccc(C)cc1)c1ccccc1)C(=O)C(=O)NC1CC1. The number of ketones is 1. The summed E-state index contributed by atoms with van der Waals surface area (Å²) >= 11 is 6.24. The number of amides is 3. The van der Waals surface area contributed by atoms with Crippen molar-refractivity contribution in [1.29, 1.82) is 0 Å². The molecule has 0 aromatic heterocycles. The van der Waals surface area contributed by atoms with Crippen molar-refractivity contribution in [2.75, 3.05) is 6.54 Å². The van der Waals surface area contributed by atoms with Crippen molar-refractivity contribution in [2.45, 2.75) is 87.0 Å². The van der Waals surface area contributed by atoms with Gasteiger partial charge in [0.1, 0.15) is 12.1 Å². The van der Waals surface area contributed by atoms with Crippen LogP contribution in [0, 0.1) is 6.92 Å². The van der Waals surface area contributed by atoms with Crippen molar-refractivity contribution in [1.82, 2.24) is 20.3 Å². The van der Waals surface area contributed by atoms with Gasteiger partial charge in [0, 0.05) is 29.5 Å². The molecule has 2 fully saturated rings. The number of hydrogen-bond acceptors (Lipinski definition) is 8. The number of rotatable bonds is 13. The fourth-order valence-electron chi connectivity index (χ4n) is 6.43. The number of oxime groups is 1. The van der Waals surface area contributed by atoms with Gasteiger partial charge in [0.05, 0.1) is 23.2 Å². The van der Waals surface area contributed by atoms with E-state index in [-0.39, 0.29) is 36.7 Å². The lowest BCUT2D eigenvalue weighted by Crippen LogP contribution is -2.54. The highest BCUT2D eigenvalue weighted by molar-refractivity contribution is 7.89. The molecule has 1 saturated heterocycles. The third-order valence-electron chi connectivity index (χ3n) is 9.31. The predicted molar refractivity (Wildman–Crippen MR) is 190 cm³/mol. The zero-order valence-electron chi connectivity index (χ0n) is 28.3. The predicted octanol–water partition coefficient (Wildman–Crippen LogP) is 3.96. The highest BCUT2D eigenvalue weighted by atomic mass is 35.5. The molecular formula is C37H40ClN5O7S. The highest BCUT2D eigenvalue weighted by Crippen LogP contribution is 2.40. The van der Waals surface area contributed by atoms with Gasteiger partial charge in [-0.15, -0.1) is 0 Å². The Morgan fingerprint density at radius 1 is 1.02 bits per heavy atom. The summed E-state index contributed by atoms with van der Waals surface area (Å²) in [5.74, 6) is -2.89. The zero-order valence-corrected chi connectivity index (χ0v) is 29.9. The Bertz CT molecular complexity index is 1950. The van der Waals surface area contributed by atoms with Gasteiger partial charge in [0.15, 0.2) is 5.60 Å². The van der Waals surface area contributed by atoms with Crippen LogP contribution in [-0.4, -0.2) is 72.8 Å². The van der Waals surface area contributed by atoms with Gasteiger partial charge in [-0.2, -0.15) is 4.72 Å². The summed E-state index contributed by atoms with van der Waals surface area (Å²) in [5.41, 5.74) is 1.37. The highest BCUT2D eigenvalue weighted by Gasteiger charge is 2.55. The van der Waals surface area contributed by atoms with Crippen molar-refractivity contribution in [3.05, 3.63) is 101 Å². The van der Waals surface area contributed by atoms with Gasteiger partial charge in [-0.3, -0.25) is 19.2 Å².